The number of aromatic nitrogens is 4. The van der Waals surface area contributed by atoms with Crippen LogP contribution in [0.5, 0.6) is 0 Å². The Hall–Kier alpha value is -4.05. The van der Waals surface area contributed by atoms with Crippen molar-refractivity contribution in [3.63, 3.8) is 0 Å². The Labute approximate surface area is 191 Å². The minimum atomic E-state index is -3.82. The molecule has 0 saturated heterocycles. The highest BCUT2D eigenvalue weighted by atomic mass is 32.2. The van der Waals surface area contributed by atoms with Crippen LogP contribution in [0.25, 0.3) is 5.69 Å². The first-order chi connectivity index (χ1) is 15.8. The second-order valence-electron chi connectivity index (χ2n) is 7.60. The van der Waals surface area contributed by atoms with E-state index in [2.05, 4.69) is 25.6 Å². The predicted molar refractivity (Wildman–Crippen MR) is 125 cm³/mol. The van der Waals surface area contributed by atoms with Crippen molar-refractivity contribution in [3.05, 3.63) is 89.7 Å². The van der Waals surface area contributed by atoms with Gasteiger partial charge >= 0.3 is 0 Å². The van der Waals surface area contributed by atoms with E-state index in [9.17, 15) is 13.2 Å². The number of amides is 1. The average molecular weight is 463 g/mol. The monoisotopic (exact) mass is 462 g/mol. The maximum absolute atomic E-state index is 13.0. The van der Waals surface area contributed by atoms with Crippen molar-refractivity contribution < 1.29 is 13.2 Å². The molecule has 0 unspecified atom stereocenters. The number of nitrogens with one attached hydrogen (secondary N) is 2. The summed E-state index contributed by atoms with van der Waals surface area (Å²) in [7, 11) is -3.82. The number of hydrogen-bond donors (Lipinski definition) is 2. The molecule has 168 valence electrons. The van der Waals surface area contributed by atoms with E-state index in [0.29, 0.717) is 16.9 Å². The first-order valence-corrected chi connectivity index (χ1v) is 11.6. The number of hydrogen-bond acceptors (Lipinski definition) is 6. The number of nitrogens with zero attached hydrogens (tertiary/aromatic N) is 4. The molecule has 1 heterocycles. The molecule has 0 fully saturated rings. The summed E-state index contributed by atoms with van der Waals surface area (Å²) in [6.07, 6.45) is 1.62. The lowest BCUT2D eigenvalue weighted by Crippen LogP contribution is -2.17. The van der Waals surface area contributed by atoms with E-state index in [1.165, 1.54) is 17.1 Å². The standard InChI is InChI=1S/C23H22N6O3S/c1-16-4-3-5-20(12-16)26-33(31,32)22-14-19(9-6-17(22)2)25-23(30)13-18-7-10-21(11-8-18)29-15-24-27-28-29/h3-12,14-15,26H,13H2,1-2H3,(H,25,30). The lowest BCUT2D eigenvalue weighted by atomic mass is 10.1. The summed E-state index contributed by atoms with van der Waals surface area (Å²) >= 11 is 0. The van der Waals surface area contributed by atoms with E-state index in [4.69, 9.17) is 0 Å². The number of anilines is 2. The van der Waals surface area contributed by atoms with E-state index in [1.807, 2.05) is 37.3 Å². The number of carbonyl (C=O) groups excluding carboxylic acids is 1. The van der Waals surface area contributed by atoms with Gasteiger partial charge in [-0.1, -0.05) is 30.3 Å². The summed E-state index contributed by atoms with van der Waals surface area (Å²) < 4.78 is 30.0. The Morgan fingerprint density at radius 1 is 0.970 bits per heavy atom. The smallest absolute Gasteiger partial charge is 0.262 e. The van der Waals surface area contributed by atoms with E-state index in [0.717, 1.165) is 16.8 Å². The molecule has 10 heteroatoms. The van der Waals surface area contributed by atoms with Crippen molar-refractivity contribution in [1.82, 2.24) is 20.2 Å². The zero-order chi connectivity index (χ0) is 23.4. The Balaban J connectivity index is 1.46. The highest BCUT2D eigenvalue weighted by Gasteiger charge is 2.18. The minimum Gasteiger partial charge on any atom is -0.326 e. The van der Waals surface area contributed by atoms with Gasteiger partial charge in [0, 0.05) is 11.4 Å². The quantitative estimate of drug-likeness (QED) is 0.435. The van der Waals surface area contributed by atoms with Crippen LogP contribution in [0, 0.1) is 13.8 Å². The number of benzene rings is 3. The highest BCUT2D eigenvalue weighted by Crippen LogP contribution is 2.23. The van der Waals surface area contributed by atoms with Gasteiger partial charge in [0.25, 0.3) is 10.0 Å². The van der Waals surface area contributed by atoms with Gasteiger partial charge in [-0.25, -0.2) is 13.1 Å². The van der Waals surface area contributed by atoms with Crippen LogP contribution in [0.4, 0.5) is 11.4 Å². The maximum Gasteiger partial charge on any atom is 0.262 e. The zero-order valence-electron chi connectivity index (χ0n) is 18.1. The molecule has 3 aromatic carbocycles. The van der Waals surface area contributed by atoms with Gasteiger partial charge in [0.2, 0.25) is 5.91 Å². The molecular formula is C23H22N6O3S. The van der Waals surface area contributed by atoms with Crippen molar-refractivity contribution >= 4 is 27.3 Å². The SMILES string of the molecule is Cc1cccc(NS(=O)(=O)c2cc(NC(=O)Cc3ccc(-n4cnnn4)cc3)ccc2C)c1. The van der Waals surface area contributed by atoms with Crippen LogP contribution in [0.3, 0.4) is 0 Å². The molecule has 9 nitrogen and oxygen atoms in total. The molecule has 0 aliphatic carbocycles. The minimum absolute atomic E-state index is 0.104. The molecule has 4 rings (SSSR count). The molecule has 1 amide bonds. The zero-order valence-corrected chi connectivity index (χ0v) is 18.9. The third-order valence-electron chi connectivity index (χ3n) is 4.95. The molecule has 2 N–H and O–H groups in total. The van der Waals surface area contributed by atoms with Gasteiger partial charge in [0.1, 0.15) is 6.33 Å². The first-order valence-electron chi connectivity index (χ1n) is 10.1. The number of rotatable bonds is 7. The number of tetrazole rings is 1. The van der Waals surface area contributed by atoms with Crippen molar-refractivity contribution in [3.8, 4) is 5.69 Å². The van der Waals surface area contributed by atoms with E-state index in [1.54, 1.807) is 37.3 Å². The summed E-state index contributed by atoms with van der Waals surface area (Å²) in [5.74, 6) is -0.260. The molecule has 0 atom stereocenters. The number of sulfonamides is 1. The van der Waals surface area contributed by atoms with Crippen LogP contribution in [0.2, 0.25) is 0 Å². The number of carbonyl (C=O) groups is 1. The van der Waals surface area contributed by atoms with Gasteiger partial charge in [-0.2, -0.15) is 0 Å². The molecule has 4 aromatic rings. The van der Waals surface area contributed by atoms with Crippen molar-refractivity contribution in [2.45, 2.75) is 25.2 Å². The summed E-state index contributed by atoms with van der Waals surface area (Å²) in [6.45, 7) is 3.60. The van der Waals surface area contributed by atoms with E-state index < -0.39 is 10.0 Å². The fraction of sp³-hybridized carbons (Fsp3) is 0.130. The molecule has 33 heavy (non-hydrogen) atoms. The maximum atomic E-state index is 13.0. The summed E-state index contributed by atoms with van der Waals surface area (Å²) in [5.41, 5.74) is 3.98. The van der Waals surface area contributed by atoms with Crippen molar-refractivity contribution in [2.24, 2.45) is 0 Å². The summed E-state index contributed by atoms with van der Waals surface area (Å²) in [6, 6.07) is 19.2. The van der Waals surface area contributed by atoms with Crippen LogP contribution in [0.15, 0.2) is 78.0 Å². The molecule has 1 aromatic heterocycles. The second-order valence-corrected chi connectivity index (χ2v) is 9.25. The molecule has 0 bridgehead atoms. The fourth-order valence-corrected chi connectivity index (χ4v) is 4.64. The molecule has 0 saturated carbocycles. The Kier molecular flexibility index (Phi) is 6.18. The average Bonchev–Trinajstić information content (AvgIpc) is 3.30. The van der Waals surface area contributed by atoms with E-state index >= 15 is 0 Å². The van der Waals surface area contributed by atoms with Crippen molar-refractivity contribution in [2.75, 3.05) is 10.0 Å². The molecular weight excluding hydrogens is 440 g/mol. The lowest BCUT2D eigenvalue weighted by molar-refractivity contribution is -0.115. The Morgan fingerprint density at radius 2 is 1.76 bits per heavy atom. The van der Waals surface area contributed by atoms with Gasteiger partial charge in [-0.3, -0.25) is 9.52 Å². The number of aryl methyl sites for hydroxylation is 2. The molecule has 0 aliphatic heterocycles. The highest BCUT2D eigenvalue weighted by molar-refractivity contribution is 7.92. The van der Waals surface area contributed by atoms with Gasteiger partial charge < -0.3 is 5.32 Å². The van der Waals surface area contributed by atoms with Crippen LogP contribution in [-0.4, -0.2) is 34.5 Å². The second kappa shape index (κ2) is 9.21. The summed E-state index contributed by atoms with van der Waals surface area (Å²) in [5, 5.41) is 13.8. The molecule has 0 aliphatic rings. The fourth-order valence-electron chi connectivity index (χ4n) is 3.32. The van der Waals surface area contributed by atoms with Crippen LogP contribution in [-0.2, 0) is 21.2 Å². The lowest BCUT2D eigenvalue weighted by Gasteiger charge is -2.13. The first kappa shape index (κ1) is 22.2. The topological polar surface area (TPSA) is 119 Å². The predicted octanol–water partition coefficient (Wildman–Crippen LogP) is 3.26. The third-order valence-corrected chi connectivity index (χ3v) is 6.47. The van der Waals surface area contributed by atoms with Crippen molar-refractivity contribution in [1.29, 1.82) is 0 Å². The van der Waals surface area contributed by atoms with Gasteiger partial charge in [-0.05, 0) is 77.4 Å². The Bertz CT molecular complexity index is 1380. The van der Waals surface area contributed by atoms with Crippen LogP contribution in [0.1, 0.15) is 16.7 Å². The van der Waals surface area contributed by atoms with Gasteiger partial charge in [0.15, 0.2) is 0 Å². The molecule has 0 radical (unpaired) electrons. The normalized spacial score (nSPS) is 11.2. The van der Waals surface area contributed by atoms with Crippen LogP contribution >= 0.6 is 0 Å². The largest absolute Gasteiger partial charge is 0.326 e. The Morgan fingerprint density at radius 3 is 2.45 bits per heavy atom. The van der Waals surface area contributed by atoms with Gasteiger partial charge in [0.05, 0.1) is 17.0 Å². The molecule has 0 spiro atoms. The summed E-state index contributed by atoms with van der Waals surface area (Å²) in [4.78, 5) is 12.7. The van der Waals surface area contributed by atoms with Gasteiger partial charge in [-0.15, -0.1) is 5.10 Å². The van der Waals surface area contributed by atoms with E-state index in [-0.39, 0.29) is 17.2 Å². The van der Waals surface area contributed by atoms with Crippen LogP contribution < -0.4 is 10.0 Å². The third kappa shape index (κ3) is 5.42.